The number of hydrogen-bond acceptors (Lipinski definition) is 9. The van der Waals surface area contributed by atoms with Gasteiger partial charge in [-0.25, -0.2) is 4.68 Å². The molecule has 0 saturated carbocycles. The van der Waals surface area contributed by atoms with Crippen LogP contribution in [0.15, 0.2) is 49.1 Å². The lowest BCUT2D eigenvalue weighted by Gasteiger charge is -2.34. The quantitative estimate of drug-likeness (QED) is 0.421. The number of aliphatic hydroxyl groups is 1. The van der Waals surface area contributed by atoms with Crippen LogP contribution in [0, 0.1) is 5.92 Å². The zero-order valence-electron chi connectivity index (χ0n) is 21.9. The molecule has 3 aromatic rings. The van der Waals surface area contributed by atoms with E-state index in [1.165, 1.54) is 11.0 Å². The molecule has 0 aliphatic carbocycles. The second-order valence-electron chi connectivity index (χ2n) is 9.82. The molecular formula is C26H34N8O4. The van der Waals surface area contributed by atoms with Gasteiger partial charge in [0.25, 0.3) is 0 Å². The minimum atomic E-state index is -0.333. The number of tetrazole rings is 1. The Hall–Kier alpha value is -3.90. The molecule has 12 heteroatoms. The predicted octanol–water partition coefficient (Wildman–Crippen LogP) is 0.988. The second kappa shape index (κ2) is 12.6. The highest BCUT2D eigenvalue weighted by atomic mass is 16.5. The summed E-state index contributed by atoms with van der Waals surface area (Å²) in [5.74, 6) is 0.192. The van der Waals surface area contributed by atoms with Crippen molar-refractivity contribution in [1.29, 1.82) is 0 Å². The van der Waals surface area contributed by atoms with Gasteiger partial charge in [0.15, 0.2) is 0 Å². The lowest BCUT2D eigenvalue weighted by atomic mass is 10.0. The molecule has 0 saturated heterocycles. The third kappa shape index (κ3) is 7.11. The van der Waals surface area contributed by atoms with Crippen molar-refractivity contribution in [2.24, 2.45) is 5.92 Å². The fourth-order valence-corrected chi connectivity index (χ4v) is 4.50. The third-order valence-corrected chi connectivity index (χ3v) is 6.59. The van der Waals surface area contributed by atoms with Crippen LogP contribution in [-0.4, -0.2) is 90.8 Å². The molecule has 1 aromatic carbocycles. The van der Waals surface area contributed by atoms with Crippen LogP contribution in [0.3, 0.4) is 0 Å². The predicted molar refractivity (Wildman–Crippen MR) is 139 cm³/mol. The van der Waals surface area contributed by atoms with Crippen molar-refractivity contribution >= 4 is 17.5 Å². The first-order chi connectivity index (χ1) is 18.3. The van der Waals surface area contributed by atoms with Gasteiger partial charge in [-0.2, -0.15) is 0 Å². The minimum absolute atomic E-state index is 0.00513. The summed E-state index contributed by atoms with van der Waals surface area (Å²) in [7, 11) is 2.03. The van der Waals surface area contributed by atoms with Crippen molar-refractivity contribution < 1.29 is 19.4 Å². The Balaban J connectivity index is 1.57. The number of fused-ring (bicyclic) bond motifs is 1. The molecule has 0 unspecified atom stereocenters. The van der Waals surface area contributed by atoms with Crippen molar-refractivity contribution in [2.75, 3.05) is 32.1 Å². The number of amides is 2. The van der Waals surface area contributed by atoms with Crippen molar-refractivity contribution in [2.45, 2.75) is 45.5 Å². The van der Waals surface area contributed by atoms with Crippen LogP contribution in [0.5, 0.6) is 5.75 Å². The average molecular weight is 523 g/mol. The summed E-state index contributed by atoms with van der Waals surface area (Å²) in [5, 5.41) is 23.4. The Bertz CT molecular complexity index is 1210. The fraction of sp³-hybridized carbons (Fsp3) is 0.462. The Labute approximate surface area is 221 Å². The maximum absolute atomic E-state index is 13.4. The van der Waals surface area contributed by atoms with Crippen LogP contribution >= 0.6 is 0 Å². The summed E-state index contributed by atoms with van der Waals surface area (Å²) in [5.41, 5.74) is 2.35. The van der Waals surface area contributed by atoms with Crippen LogP contribution in [0.1, 0.15) is 25.0 Å². The van der Waals surface area contributed by atoms with E-state index in [9.17, 15) is 14.7 Å². The van der Waals surface area contributed by atoms with Gasteiger partial charge in [0, 0.05) is 49.2 Å². The highest BCUT2D eigenvalue weighted by Gasteiger charge is 2.31. The Morgan fingerprint density at radius 1 is 1.29 bits per heavy atom. The highest BCUT2D eigenvalue weighted by molar-refractivity contribution is 5.91. The summed E-state index contributed by atoms with van der Waals surface area (Å²) >= 11 is 0. The zero-order chi connectivity index (χ0) is 27.1. The van der Waals surface area contributed by atoms with Gasteiger partial charge in [-0.15, -0.1) is 5.10 Å². The SMILES string of the molecule is C[C@H](CO)N1C[C@H](C)[C@@H](CN(C)Cc2ccncc2)Oc2ccc(NC(=O)Cn3cnnn3)cc2CC1=O. The summed E-state index contributed by atoms with van der Waals surface area (Å²) in [4.78, 5) is 33.8. The number of aliphatic hydroxyl groups excluding tert-OH is 1. The normalized spacial score (nSPS) is 18.7. The van der Waals surface area contributed by atoms with Crippen LogP contribution in [0.2, 0.25) is 0 Å². The average Bonchev–Trinajstić information content (AvgIpc) is 3.41. The van der Waals surface area contributed by atoms with Crippen molar-refractivity contribution in [3.05, 3.63) is 60.2 Å². The lowest BCUT2D eigenvalue weighted by molar-refractivity contribution is -0.134. The molecule has 2 amide bonds. The second-order valence-corrected chi connectivity index (χ2v) is 9.82. The molecule has 0 bridgehead atoms. The Morgan fingerprint density at radius 3 is 2.79 bits per heavy atom. The molecule has 2 aromatic heterocycles. The Morgan fingerprint density at radius 2 is 2.08 bits per heavy atom. The molecular weight excluding hydrogens is 488 g/mol. The topological polar surface area (TPSA) is 139 Å². The van der Waals surface area contributed by atoms with Gasteiger partial charge >= 0.3 is 0 Å². The first kappa shape index (κ1) is 27.1. The van der Waals surface area contributed by atoms with Crippen LogP contribution < -0.4 is 10.1 Å². The summed E-state index contributed by atoms with van der Waals surface area (Å²) in [6, 6.07) is 8.95. The van der Waals surface area contributed by atoms with Crippen LogP contribution in [0.4, 0.5) is 5.69 Å². The van der Waals surface area contributed by atoms with E-state index in [1.807, 2.05) is 26.1 Å². The maximum atomic E-state index is 13.4. The number of anilines is 1. The molecule has 1 aliphatic heterocycles. The van der Waals surface area contributed by atoms with E-state index in [1.54, 1.807) is 35.5 Å². The number of carbonyl (C=O) groups is 2. The standard InChI is InChI=1S/C26H34N8O4/c1-18-12-34(19(2)16-35)26(37)11-21-10-22(29-25(36)15-33-17-28-30-31-33)4-5-23(21)38-24(18)14-32(3)13-20-6-8-27-9-7-20/h4-10,17-19,24,35H,11-16H2,1-3H3,(H,29,36)/t18-,19+,24+/m0/s1. The van der Waals surface area contributed by atoms with Crippen molar-refractivity contribution in [3.8, 4) is 5.75 Å². The Kier molecular flexibility index (Phi) is 8.98. The number of benzene rings is 1. The summed E-state index contributed by atoms with van der Waals surface area (Å²) < 4.78 is 7.88. The maximum Gasteiger partial charge on any atom is 0.246 e. The molecule has 0 fully saturated rings. The smallest absolute Gasteiger partial charge is 0.246 e. The number of hydrogen-bond donors (Lipinski definition) is 2. The number of ether oxygens (including phenoxy) is 1. The molecule has 202 valence electrons. The van der Waals surface area contributed by atoms with Gasteiger partial charge in [0.1, 0.15) is 24.7 Å². The van der Waals surface area contributed by atoms with E-state index in [-0.39, 0.29) is 49.5 Å². The van der Waals surface area contributed by atoms with Crippen molar-refractivity contribution in [3.63, 3.8) is 0 Å². The minimum Gasteiger partial charge on any atom is -0.488 e. The van der Waals surface area contributed by atoms with Gasteiger partial charge < -0.3 is 20.1 Å². The van der Waals surface area contributed by atoms with E-state index in [0.717, 1.165) is 12.1 Å². The molecule has 38 heavy (non-hydrogen) atoms. The monoisotopic (exact) mass is 522 g/mol. The molecule has 0 spiro atoms. The number of likely N-dealkylation sites (N-methyl/N-ethyl adjacent to an activating group) is 1. The number of pyridine rings is 1. The molecule has 1 aliphatic rings. The highest BCUT2D eigenvalue weighted by Crippen LogP contribution is 2.29. The molecule has 4 rings (SSSR count). The van der Waals surface area contributed by atoms with Gasteiger partial charge in [0.05, 0.1) is 19.1 Å². The number of nitrogens with zero attached hydrogens (tertiary/aromatic N) is 7. The van der Waals surface area contributed by atoms with E-state index in [2.05, 4.69) is 37.6 Å². The van der Waals surface area contributed by atoms with Gasteiger partial charge in [-0.1, -0.05) is 6.92 Å². The zero-order valence-corrected chi connectivity index (χ0v) is 21.9. The summed E-state index contributed by atoms with van der Waals surface area (Å²) in [6.07, 6.45) is 4.78. The molecule has 2 N–H and O–H groups in total. The first-order valence-electron chi connectivity index (χ1n) is 12.6. The van der Waals surface area contributed by atoms with E-state index >= 15 is 0 Å². The largest absolute Gasteiger partial charge is 0.488 e. The van der Waals surface area contributed by atoms with Gasteiger partial charge in [-0.3, -0.25) is 19.5 Å². The van der Waals surface area contributed by atoms with E-state index in [0.29, 0.717) is 30.1 Å². The van der Waals surface area contributed by atoms with E-state index < -0.39 is 0 Å². The van der Waals surface area contributed by atoms with Crippen LogP contribution in [0.25, 0.3) is 0 Å². The van der Waals surface area contributed by atoms with E-state index in [4.69, 9.17) is 4.74 Å². The number of aromatic nitrogens is 5. The third-order valence-electron chi connectivity index (χ3n) is 6.59. The molecule has 3 heterocycles. The van der Waals surface area contributed by atoms with Crippen molar-refractivity contribution in [1.82, 2.24) is 35.0 Å². The van der Waals surface area contributed by atoms with Gasteiger partial charge in [-0.05, 0) is 60.3 Å². The van der Waals surface area contributed by atoms with Gasteiger partial charge in [0.2, 0.25) is 11.8 Å². The van der Waals surface area contributed by atoms with Crippen LogP contribution in [-0.2, 0) is 29.1 Å². The summed E-state index contributed by atoms with van der Waals surface area (Å²) in [6.45, 7) is 5.54. The molecule has 12 nitrogen and oxygen atoms in total. The lowest BCUT2D eigenvalue weighted by Crippen LogP contribution is -2.47. The number of rotatable bonds is 9. The number of nitrogens with one attached hydrogen (secondary N) is 1. The first-order valence-corrected chi connectivity index (χ1v) is 12.6. The number of carbonyl (C=O) groups excluding carboxylic acids is 2. The molecule has 3 atom stereocenters. The molecule has 0 radical (unpaired) electrons. The fourth-order valence-electron chi connectivity index (χ4n) is 4.50.